The van der Waals surface area contributed by atoms with Crippen molar-refractivity contribution in [2.75, 3.05) is 27.8 Å². The number of rotatable bonds is 11. The van der Waals surface area contributed by atoms with Crippen molar-refractivity contribution >= 4 is 21.9 Å². The highest BCUT2D eigenvalue weighted by Gasteiger charge is 2.20. The van der Waals surface area contributed by atoms with Crippen LogP contribution in [0.25, 0.3) is 0 Å². The fraction of sp³-hybridized carbons (Fsp3) is 0.529. The molecule has 146 valence electrons. The number of esters is 1. The molecule has 0 aliphatic rings. The highest BCUT2D eigenvalue weighted by atomic mass is 32.2. The number of hydrogen-bond donors (Lipinski definition) is 1. The van der Waals surface area contributed by atoms with Crippen LogP contribution in [0, 0.1) is 0 Å². The molecule has 0 aliphatic carbocycles. The number of nitrogens with zero attached hydrogens (tertiary/aromatic N) is 1. The molecule has 9 heteroatoms. The molecule has 1 aromatic rings. The van der Waals surface area contributed by atoms with Crippen LogP contribution in [0.5, 0.6) is 0 Å². The summed E-state index contributed by atoms with van der Waals surface area (Å²) in [6.45, 7) is 0.517. The average molecular weight is 386 g/mol. The van der Waals surface area contributed by atoms with Crippen molar-refractivity contribution in [2.45, 2.75) is 37.0 Å². The number of methoxy groups -OCH3 is 1. The third-order valence-corrected chi connectivity index (χ3v) is 5.52. The summed E-state index contributed by atoms with van der Waals surface area (Å²) in [6, 6.07) is 5.66. The van der Waals surface area contributed by atoms with E-state index in [0.29, 0.717) is 18.5 Å². The van der Waals surface area contributed by atoms with Gasteiger partial charge in [0, 0.05) is 25.6 Å². The van der Waals surface area contributed by atoms with Crippen molar-refractivity contribution in [3.05, 3.63) is 29.8 Å². The Bertz CT molecular complexity index is 688. The topological polar surface area (TPSA) is 102 Å². The standard InChI is InChI=1S/C17H26N2O6S/c1-19(25-3)26(22,23)15-11-9-14(10-12-15)17(21)18-13-7-5-4-6-8-16(20)24-2/h9-12H,4-8,13H2,1-3H3,(H,18,21). The molecule has 0 fully saturated rings. The summed E-state index contributed by atoms with van der Waals surface area (Å²) in [5.41, 5.74) is 0.384. The van der Waals surface area contributed by atoms with Gasteiger partial charge in [0.05, 0.1) is 19.1 Å². The second kappa shape index (κ2) is 10.9. The van der Waals surface area contributed by atoms with Gasteiger partial charge in [-0.1, -0.05) is 17.3 Å². The fourth-order valence-corrected chi connectivity index (χ4v) is 3.15. The molecule has 0 saturated heterocycles. The zero-order valence-electron chi connectivity index (χ0n) is 15.4. The molecule has 1 aromatic carbocycles. The zero-order valence-corrected chi connectivity index (χ0v) is 16.2. The SMILES string of the molecule is COC(=O)CCCCCCNC(=O)c1ccc(S(=O)(=O)N(C)OC)cc1. The molecule has 0 aromatic heterocycles. The van der Waals surface area contributed by atoms with E-state index >= 15 is 0 Å². The normalized spacial score (nSPS) is 11.4. The van der Waals surface area contributed by atoms with Gasteiger partial charge in [-0.3, -0.25) is 14.4 Å². The lowest BCUT2D eigenvalue weighted by atomic mass is 10.1. The average Bonchev–Trinajstić information content (AvgIpc) is 2.66. The molecule has 0 heterocycles. The van der Waals surface area contributed by atoms with Crippen molar-refractivity contribution in [1.29, 1.82) is 0 Å². The molecule has 0 spiro atoms. The first kappa shape index (κ1) is 22.1. The monoisotopic (exact) mass is 386 g/mol. The Hall–Kier alpha value is -1.97. The van der Waals surface area contributed by atoms with Crippen LogP contribution in [0.2, 0.25) is 0 Å². The highest BCUT2D eigenvalue weighted by Crippen LogP contribution is 2.15. The molecule has 0 unspecified atom stereocenters. The molecule has 1 N–H and O–H groups in total. The Morgan fingerprint density at radius 2 is 1.65 bits per heavy atom. The van der Waals surface area contributed by atoms with Gasteiger partial charge in [0.1, 0.15) is 0 Å². The molecule has 26 heavy (non-hydrogen) atoms. The summed E-state index contributed by atoms with van der Waals surface area (Å²) in [7, 11) is 0.199. The van der Waals surface area contributed by atoms with Crippen molar-refractivity contribution < 1.29 is 27.6 Å². The number of sulfonamides is 1. The maximum absolute atomic E-state index is 12.1. The van der Waals surface area contributed by atoms with Gasteiger partial charge >= 0.3 is 5.97 Å². The van der Waals surface area contributed by atoms with Gasteiger partial charge in [-0.15, -0.1) is 0 Å². The fourth-order valence-electron chi connectivity index (χ4n) is 2.18. The summed E-state index contributed by atoms with van der Waals surface area (Å²) >= 11 is 0. The van der Waals surface area contributed by atoms with E-state index < -0.39 is 10.0 Å². The van der Waals surface area contributed by atoms with E-state index in [0.717, 1.165) is 30.2 Å². The van der Waals surface area contributed by atoms with Gasteiger partial charge < -0.3 is 10.1 Å². The minimum Gasteiger partial charge on any atom is -0.469 e. The van der Waals surface area contributed by atoms with Gasteiger partial charge in [-0.25, -0.2) is 8.42 Å². The first-order chi connectivity index (χ1) is 12.3. The van der Waals surface area contributed by atoms with Crippen LogP contribution in [0.1, 0.15) is 42.5 Å². The van der Waals surface area contributed by atoms with Crippen molar-refractivity contribution in [3.8, 4) is 0 Å². The van der Waals surface area contributed by atoms with Gasteiger partial charge in [-0.05, 0) is 37.1 Å². The molecule has 0 saturated carbocycles. The predicted molar refractivity (Wildman–Crippen MR) is 95.8 cm³/mol. The molecule has 0 bridgehead atoms. The van der Waals surface area contributed by atoms with E-state index in [2.05, 4.69) is 10.1 Å². The molecular formula is C17H26N2O6S. The number of ether oxygens (including phenoxy) is 1. The smallest absolute Gasteiger partial charge is 0.305 e. The Morgan fingerprint density at radius 3 is 2.23 bits per heavy atom. The quantitative estimate of drug-likeness (QED) is 0.353. The molecule has 0 radical (unpaired) electrons. The van der Waals surface area contributed by atoms with Crippen molar-refractivity contribution in [2.24, 2.45) is 0 Å². The number of unbranched alkanes of at least 4 members (excludes halogenated alkanes) is 3. The summed E-state index contributed by atoms with van der Waals surface area (Å²) in [5, 5.41) is 2.79. The van der Waals surface area contributed by atoms with Gasteiger partial charge in [0.2, 0.25) is 0 Å². The van der Waals surface area contributed by atoms with E-state index in [1.54, 1.807) is 0 Å². The lowest BCUT2D eigenvalue weighted by Gasteiger charge is -2.14. The van der Waals surface area contributed by atoms with Crippen LogP contribution in [-0.4, -0.2) is 52.6 Å². The predicted octanol–water partition coefficient (Wildman–Crippen LogP) is 1.72. The number of carbonyl (C=O) groups excluding carboxylic acids is 2. The summed E-state index contributed by atoms with van der Waals surface area (Å²) in [6.07, 6.45) is 3.78. The Balaban J connectivity index is 2.39. The number of carbonyl (C=O) groups is 2. The lowest BCUT2D eigenvalue weighted by molar-refractivity contribution is -0.140. The molecular weight excluding hydrogens is 360 g/mol. The van der Waals surface area contributed by atoms with Crippen molar-refractivity contribution in [1.82, 2.24) is 9.79 Å². The lowest BCUT2D eigenvalue weighted by Crippen LogP contribution is -2.26. The first-order valence-electron chi connectivity index (χ1n) is 8.31. The number of amides is 1. The number of benzene rings is 1. The van der Waals surface area contributed by atoms with Crippen LogP contribution in [-0.2, 0) is 24.4 Å². The summed E-state index contributed by atoms with van der Waals surface area (Å²) in [4.78, 5) is 27.8. The molecule has 8 nitrogen and oxygen atoms in total. The van der Waals surface area contributed by atoms with Crippen LogP contribution in [0.3, 0.4) is 0 Å². The minimum atomic E-state index is -3.72. The van der Waals surface area contributed by atoms with Crippen LogP contribution in [0.4, 0.5) is 0 Å². The second-order valence-electron chi connectivity index (χ2n) is 5.62. The minimum absolute atomic E-state index is 0.0454. The Labute approximate surface area is 154 Å². The Kier molecular flexibility index (Phi) is 9.25. The van der Waals surface area contributed by atoms with E-state index in [-0.39, 0.29) is 16.8 Å². The van der Waals surface area contributed by atoms with Gasteiger partial charge in [0.15, 0.2) is 0 Å². The zero-order chi connectivity index (χ0) is 19.6. The van der Waals surface area contributed by atoms with Crippen molar-refractivity contribution in [3.63, 3.8) is 0 Å². The number of hydrogen-bond acceptors (Lipinski definition) is 6. The number of hydroxylamine groups is 1. The summed E-state index contributed by atoms with van der Waals surface area (Å²) < 4.78 is 29.5. The first-order valence-corrected chi connectivity index (χ1v) is 9.75. The van der Waals surface area contributed by atoms with E-state index in [1.807, 2.05) is 0 Å². The summed E-state index contributed by atoms with van der Waals surface area (Å²) in [5.74, 6) is -0.468. The van der Waals surface area contributed by atoms with Gasteiger partial charge in [-0.2, -0.15) is 0 Å². The van der Waals surface area contributed by atoms with Crippen LogP contribution < -0.4 is 5.32 Å². The number of nitrogens with one attached hydrogen (secondary N) is 1. The third kappa shape index (κ3) is 6.74. The van der Waals surface area contributed by atoms with Crippen LogP contribution >= 0.6 is 0 Å². The second-order valence-corrected chi connectivity index (χ2v) is 7.55. The maximum atomic E-state index is 12.1. The third-order valence-electron chi connectivity index (χ3n) is 3.83. The Morgan fingerprint density at radius 1 is 1.04 bits per heavy atom. The maximum Gasteiger partial charge on any atom is 0.305 e. The van der Waals surface area contributed by atoms with Crippen LogP contribution in [0.15, 0.2) is 29.2 Å². The van der Waals surface area contributed by atoms with E-state index in [4.69, 9.17) is 4.84 Å². The van der Waals surface area contributed by atoms with E-state index in [9.17, 15) is 18.0 Å². The van der Waals surface area contributed by atoms with Gasteiger partial charge in [0.25, 0.3) is 15.9 Å². The molecule has 0 aliphatic heterocycles. The largest absolute Gasteiger partial charge is 0.469 e. The van der Waals surface area contributed by atoms with E-state index in [1.165, 1.54) is 45.5 Å². The molecule has 1 amide bonds. The highest BCUT2D eigenvalue weighted by molar-refractivity contribution is 7.89. The molecule has 1 rings (SSSR count). The molecule has 0 atom stereocenters.